The van der Waals surface area contributed by atoms with Crippen molar-refractivity contribution in [3.05, 3.63) is 0 Å². The Morgan fingerprint density at radius 3 is 2.73 bits per heavy atom. The van der Waals surface area contributed by atoms with Crippen molar-refractivity contribution in [1.29, 1.82) is 0 Å². The SMILES string of the molecule is CC(C)C[C@H](NC(=O)O[C@@H]1CO[C@@H]2OCC[C@@H]21)C(=O)N[C@H](C=O)C[C@@H]1CCNC1=O. The van der Waals surface area contributed by atoms with E-state index in [1.54, 1.807) is 0 Å². The van der Waals surface area contributed by atoms with Crippen LogP contribution in [0.15, 0.2) is 0 Å². The number of ether oxygens (including phenoxy) is 3. The highest BCUT2D eigenvalue weighted by molar-refractivity contribution is 5.88. The van der Waals surface area contributed by atoms with E-state index in [-0.39, 0.29) is 43.0 Å². The Morgan fingerprint density at radius 2 is 2.07 bits per heavy atom. The number of nitrogens with one attached hydrogen (secondary N) is 3. The molecule has 3 heterocycles. The lowest BCUT2D eigenvalue weighted by Crippen LogP contribution is -2.51. The predicted octanol–water partition coefficient (Wildman–Crippen LogP) is 0.0986. The molecule has 0 aromatic rings. The van der Waals surface area contributed by atoms with Gasteiger partial charge in [-0.25, -0.2) is 4.79 Å². The Bertz CT molecular complexity index is 656. The second-order valence-electron chi connectivity index (χ2n) is 8.56. The van der Waals surface area contributed by atoms with Crippen molar-refractivity contribution in [2.75, 3.05) is 19.8 Å². The van der Waals surface area contributed by atoms with Gasteiger partial charge < -0.3 is 35.0 Å². The van der Waals surface area contributed by atoms with Crippen molar-refractivity contribution < 1.29 is 33.4 Å². The Morgan fingerprint density at radius 1 is 1.27 bits per heavy atom. The molecule has 3 aliphatic rings. The van der Waals surface area contributed by atoms with Crippen molar-refractivity contribution >= 4 is 24.2 Å². The smallest absolute Gasteiger partial charge is 0.408 e. The van der Waals surface area contributed by atoms with Crippen LogP contribution < -0.4 is 16.0 Å². The summed E-state index contributed by atoms with van der Waals surface area (Å²) in [5.41, 5.74) is 0. The van der Waals surface area contributed by atoms with Gasteiger partial charge in [-0.05, 0) is 31.6 Å². The molecule has 3 saturated heterocycles. The lowest BCUT2D eigenvalue weighted by Gasteiger charge is -2.24. The number of hydrogen-bond donors (Lipinski definition) is 3. The highest BCUT2D eigenvalue weighted by Crippen LogP contribution is 2.33. The Balaban J connectivity index is 1.54. The zero-order chi connectivity index (χ0) is 21.7. The van der Waals surface area contributed by atoms with Gasteiger partial charge in [-0.3, -0.25) is 9.59 Å². The molecule has 168 valence electrons. The van der Waals surface area contributed by atoms with E-state index in [9.17, 15) is 19.2 Å². The van der Waals surface area contributed by atoms with E-state index in [0.717, 1.165) is 6.42 Å². The number of carbonyl (C=O) groups is 4. The Hall–Kier alpha value is -2.20. The topological polar surface area (TPSA) is 132 Å². The van der Waals surface area contributed by atoms with Gasteiger partial charge >= 0.3 is 6.09 Å². The summed E-state index contributed by atoms with van der Waals surface area (Å²) in [5, 5.41) is 7.99. The van der Waals surface area contributed by atoms with Crippen LogP contribution in [0.1, 0.15) is 39.5 Å². The van der Waals surface area contributed by atoms with Crippen LogP contribution in [0.4, 0.5) is 4.79 Å². The lowest BCUT2D eigenvalue weighted by molar-refractivity contribution is -0.127. The summed E-state index contributed by atoms with van der Waals surface area (Å²) in [5.74, 6) is -0.750. The molecule has 3 rings (SSSR count). The normalized spacial score (nSPS) is 29.8. The number of amides is 3. The highest BCUT2D eigenvalue weighted by Gasteiger charge is 2.44. The molecule has 3 amide bonds. The summed E-state index contributed by atoms with van der Waals surface area (Å²) in [6.45, 7) is 5.27. The number of rotatable bonds is 9. The van der Waals surface area contributed by atoms with E-state index in [1.807, 2.05) is 13.8 Å². The minimum Gasteiger partial charge on any atom is -0.443 e. The molecule has 0 aliphatic carbocycles. The van der Waals surface area contributed by atoms with Crippen LogP contribution in [0, 0.1) is 17.8 Å². The molecule has 3 fully saturated rings. The molecule has 3 aliphatic heterocycles. The molecule has 0 aromatic heterocycles. The molecular weight excluding hydrogens is 394 g/mol. The predicted molar refractivity (Wildman–Crippen MR) is 104 cm³/mol. The molecular formula is C20H31N3O7. The summed E-state index contributed by atoms with van der Waals surface area (Å²) in [6, 6.07) is -1.64. The number of aldehydes is 1. The van der Waals surface area contributed by atoms with Gasteiger partial charge in [-0.2, -0.15) is 0 Å². The van der Waals surface area contributed by atoms with E-state index in [0.29, 0.717) is 32.3 Å². The van der Waals surface area contributed by atoms with Gasteiger partial charge in [0.05, 0.1) is 25.2 Å². The third-order valence-electron chi connectivity index (χ3n) is 5.75. The van der Waals surface area contributed by atoms with Crippen molar-refractivity contribution in [3.8, 4) is 0 Å². The second kappa shape index (κ2) is 10.2. The fourth-order valence-electron chi connectivity index (χ4n) is 4.17. The zero-order valence-electron chi connectivity index (χ0n) is 17.4. The number of fused-ring (bicyclic) bond motifs is 1. The summed E-state index contributed by atoms with van der Waals surface area (Å²) >= 11 is 0. The van der Waals surface area contributed by atoms with Crippen LogP contribution >= 0.6 is 0 Å². The summed E-state index contributed by atoms with van der Waals surface area (Å²) in [6.07, 6.45) is 1.19. The first-order chi connectivity index (χ1) is 14.4. The third kappa shape index (κ3) is 5.69. The zero-order valence-corrected chi connectivity index (χ0v) is 17.4. The van der Waals surface area contributed by atoms with E-state index in [1.165, 1.54) is 0 Å². The molecule has 0 saturated carbocycles. The number of carbonyl (C=O) groups excluding carboxylic acids is 4. The van der Waals surface area contributed by atoms with E-state index in [2.05, 4.69) is 16.0 Å². The molecule has 30 heavy (non-hydrogen) atoms. The third-order valence-corrected chi connectivity index (χ3v) is 5.75. The minimum absolute atomic E-state index is 0.00475. The fraction of sp³-hybridized carbons (Fsp3) is 0.800. The molecule has 10 heteroatoms. The van der Waals surface area contributed by atoms with Gasteiger partial charge in [0.15, 0.2) is 6.29 Å². The average molecular weight is 425 g/mol. The summed E-state index contributed by atoms with van der Waals surface area (Å²) in [4.78, 5) is 48.4. The van der Waals surface area contributed by atoms with E-state index in [4.69, 9.17) is 14.2 Å². The highest BCUT2D eigenvalue weighted by atomic mass is 16.7. The maximum Gasteiger partial charge on any atom is 0.408 e. The summed E-state index contributed by atoms with van der Waals surface area (Å²) in [7, 11) is 0. The molecule has 0 bridgehead atoms. The molecule has 3 N–H and O–H groups in total. The van der Waals surface area contributed by atoms with Gasteiger partial charge in [-0.15, -0.1) is 0 Å². The number of hydrogen-bond acceptors (Lipinski definition) is 7. The van der Waals surface area contributed by atoms with Gasteiger partial charge in [0.2, 0.25) is 11.8 Å². The van der Waals surface area contributed by atoms with Crippen LogP contribution in [0.5, 0.6) is 0 Å². The largest absolute Gasteiger partial charge is 0.443 e. The first-order valence-corrected chi connectivity index (χ1v) is 10.6. The molecule has 0 aromatic carbocycles. The number of alkyl carbamates (subject to hydrolysis) is 1. The van der Waals surface area contributed by atoms with Gasteiger partial charge in [-0.1, -0.05) is 13.8 Å². The van der Waals surface area contributed by atoms with Crippen LogP contribution in [0.2, 0.25) is 0 Å². The van der Waals surface area contributed by atoms with Crippen molar-refractivity contribution in [3.63, 3.8) is 0 Å². The summed E-state index contributed by atoms with van der Waals surface area (Å²) < 4.78 is 16.4. The standard InChI is InChI=1S/C20H31N3O7/c1-11(2)7-15(18(26)22-13(9-24)8-12-3-5-21-17(12)25)23-20(27)30-16-10-29-19-14(16)4-6-28-19/h9,11-16,19H,3-8,10H2,1-2H3,(H,21,25)(H,22,26)(H,23,27)/t12-,13-,14+,15-,16+,19-/m0/s1. The fourth-order valence-corrected chi connectivity index (χ4v) is 4.17. The molecule has 6 atom stereocenters. The van der Waals surface area contributed by atoms with Gasteiger partial charge in [0, 0.05) is 12.5 Å². The lowest BCUT2D eigenvalue weighted by atomic mass is 9.98. The van der Waals surface area contributed by atoms with Crippen LogP contribution in [0.3, 0.4) is 0 Å². The molecule has 0 radical (unpaired) electrons. The van der Waals surface area contributed by atoms with Crippen LogP contribution in [-0.4, -0.2) is 68.4 Å². The van der Waals surface area contributed by atoms with Crippen molar-refractivity contribution in [1.82, 2.24) is 16.0 Å². The maximum atomic E-state index is 12.8. The van der Waals surface area contributed by atoms with Crippen LogP contribution in [0.25, 0.3) is 0 Å². The quantitative estimate of drug-likeness (QED) is 0.446. The monoisotopic (exact) mass is 425 g/mol. The molecule has 0 unspecified atom stereocenters. The molecule has 0 spiro atoms. The van der Waals surface area contributed by atoms with Crippen molar-refractivity contribution in [2.24, 2.45) is 17.8 Å². The minimum atomic E-state index is -0.852. The second-order valence-corrected chi connectivity index (χ2v) is 8.56. The first kappa shape index (κ1) is 22.5. The average Bonchev–Trinajstić information content (AvgIpc) is 3.40. The Kier molecular flexibility index (Phi) is 7.65. The van der Waals surface area contributed by atoms with Gasteiger partial charge in [0.1, 0.15) is 18.4 Å². The van der Waals surface area contributed by atoms with E-state index < -0.39 is 30.2 Å². The Labute approximate surface area is 175 Å². The van der Waals surface area contributed by atoms with Gasteiger partial charge in [0.25, 0.3) is 0 Å². The van der Waals surface area contributed by atoms with E-state index >= 15 is 0 Å². The maximum absolute atomic E-state index is 12.8. The first-order valence-electron chi connectivity index (χ1n) is 10.6. The molecule has 10 nitrogen and oxygen atoms in total. The van der Waals surface area contributed by atoms with Crippen LogP contribution in [-0.2, 0) is 28.6 Å². The van der Waals surface area contributed by atoms with Crippen molar-refractivity contribution in [2.45, 2.75) is 64.0 Å².